The molecule has 3 N–H and O–H groups in total. The molecule has 2 amide bonds. The number of rotatable bonds is 10. The number of carbonyl (C=O) groups excluding carboxylic acids is 2. The molecular weight excluding hydrogens is 545 g/mol. The number of hydrogen-bond acceptors (Lipinski definition) is 6. The number of carboxylic acid groups (broad SMARTS) is 1. The fourth-order valence-corrected chi connectivity index (χ4v) is 3.44. The van der Waals surface area contributed by atoms with E-state index in [9.17, 15) is 27.9 Å². The molecule has 0 fully saturated rings. The number of halogens is 5. The van der Waals surface area contributed by atoms with Crippen LogP contribution in [-0.4, -0.2) is 30.8 Å². The van der Waals surface area contributed by atoms with Crippen LogP contribution in [0.5, 0.6) is 17.2 Å². The SMILES string of the molecule is CCOC(C(=O)NCc1ccc(/C(N)=N/C(=O)[O-])cc1)c1c(F)cc(Oc2cccc(OC(F)(F)F)c2)cc1F. The van der Waals surface area contributed by atoms with Crippen LogP contribution >= 0.6 is 0 Å². The molecule has 0 heterocycles. The van der Waals surface area contributed by atoms with E-state index in [1.54, 1.807) is 0 Å². The normalized spacial score (nSPS) is 12.5. The highest BCUT2D eigenvalue weighted by Crippen LogP contribution is 2.33. The standard InChI is InChI=1S/C26H22F5N3O6/c1-2-38-22(24(35)33-13-14-6-8-15(9-7-14)23(32)34-25(36)37)21-19(27)11-18(12-20(21)28)39-16-4-3-5-17(10-16)40-26(29,30)31/h3-12,22H,2,13H2,1H3,(H2,32,34)(H,33,35)(H,36,37)/p-1. The second-order valence-corrected chi connectivity index (χ2v) is 7.94. The largest absolute Gasteiger partial charge is 0.573 e. The minimum absolute atomic E-state index is 0.0764. The van der Waals surface area contributed by atoms with Crippen molar-refractivity contribution in [3.63, 3.8) is 0 Å². The van der Waals surface area contributed by atoms with Gasteiger partial charge in [-0.1, -0.05) is 30.3 Å². The van der Waals surface area contributed by atoms with Gasteiger partial charge in [0.25, 0.3) is 5.91 Å². The maximum Gasteiger partial charge on any atom is 0.573 e. The molecule has 0 radical (unpaired) electrons. The molecular formula is C26H21F5N3O6-. The summed E-state index contributed by atoms with van der Waals surface area (Å²) in [7, 11) is 0. The van der Waals surface area contributed by atoms with E-state index >= 15 is 8.78 Å². The number of ether oxygens (including phenoxy) is 3. The summed E-state index contributed by atoms with van der Waals surface area (Å²) in [6, 6.07) is 11.8. The van der Waals surface area contributed by atoms with E-state index in [4.69, 9.17) is 15.2 Å². The third-order valence-corrected chi connectivity index (χ3v) is 5.09. The summed E-state index contributed by atoms with van der Waals surface area (Å²) >= 11 is 0. The van der Waals surface area contributed by atoms with Crippen LogP contribution in [0.15, 0.2) is 65.7 Å². The summed E-state index contributed by atoms with van der Waals surface area (Å²) in [5.41, 5.74) is 5.65. The van der Waals surface area contributed by atoms with Crippen LogP contribution in [0.25, 0.3) is 0 Å². The zero-order valence-corrected chi connectivity index (χ0v) is 20.6. The van der Waals surface area contributed by atoms with Crippen LogP contribution in [0.3, 0.4) is 0 Å². The van der Waals surface area contributed by atoms with Crippen molar-refractivity contribution in [2.75, 3.05) is 6.61 Å². The Balaban J connectivity index is 1.74. The number of amidine groups is 1. The number of amides is 2. The molecule has 0 saturated carbocycles. The number of nitrogens with one attached hydrogen (secondary N) is 1. The van der Waals surface area contributed by atoms with Crippen LogP contribution in [0, 0.1) is 11.6 Å². The first-order chi connectivity index (χ1) is 18.9. The zero-order chi connectivity index (χ0) is 29.4. The summed E-state index contributed by atoms with van der Waals surface area (Å²) < 4.78 is 81.7. The maximum absolute atomic E-state index is 15.0. The van der Waals surface area contributed by atoms with Gasteiger partial charge in [-0.2, -0.15) is 0 Å². The minimum atomic E-state index is -4.94. The number of nitrogens with two attached hydrogens (primary N) is 1. The molecule has 1 atom stereocenters. The molecule has 3 rings (SSSR count). The highest BCUT2D eigenvalue weighted by molar-refractivity contribution is 6.02. The van der Waals surface area contributed by atoms with Crippen LogP contribution < -0.4 is 25.6 Å². The molecule has 0 bridgehead atoms. The number of benzene rings is 3. The van der Waals surface area contributed by atoms with Gasteiger partial charge in [0.1, 0.15) is 34.7 Å². The lowest BCUT2D eigenvalue weighted by Gasteiger charge is -2.19. The molecule has 0 spiro atoms. The molecule has 14 heteroatoms. The Morgan fingerprint density at radius 2 is 1.62 bits per heavy atom. The predicted octanol–water partition coefficient (Wildman–Crippen LogP) is 4.10. The smallest absolute Gasteiger partial charge is 0.528 e. The quantitative estimate of drug-likeness (QED) is 0.214. The van der Waals surface area contributed by atoms with Crippen LogP contribution in [0.1, 0.15) is 29.7 Å². The fourth-order valence-electron chi connectivity index (χ4n) is 3.44. The van der Waals surface area contributed by atoms with Gasteiger partial charge in [0, 0.05) is 36.9 Å². The van der Waals surface area contributed by atoms with E-state index in [1.807, 2.05) is 0 Å². The second-order valence-electron chi connectivity index (χ2n) is 7.94. The minimum Gasteiger partial charge on any atom is -0.528 e. The van der Waals surface area contributed by atoms with Crippen molar-refractivity contribution in [2.45, 2.75) is 25.9 Å². The monoisotopic (exact) mass is 566 g/mol. The molecule has 0 aliphatic heterocycles. The lowest BCUT2D eigenvalue weighted by atomic mass is 10.1. The van der Waals surface area contributed by atoms with Crippen molar-refractivity contribution in [2.24, 2.45) is 10.7 Å². The van der Waals surface area contributed by atoms with Crippen molar-refractivity contribution in [1.29, 1.82) is 0 Å². The first kappa shape index (κ1) is 29.8. The van der Waals surface area contributed by atoms with Gasteiger partial charge in [-0.15, -0.1) is 13.2 Å². The molecule has 40 heavy (non-hydrogen) atoms. The molecule has 0 aliphatic carbocycles. The molecule has 0 saturated heterocycles. The van der Waals surface area contributed by atoms with E-state index < -0.39 is 47.4 Å². The third-order valence-electron chi connectivity index (χ3n) is 5.09. The molecule has 1 unspecified atom stereocenters. The summed E-state index contributed by atoms with van der Waals surface area (Å²) in [5.74, 6) is -4.72. The van der Waals surface area contributed by atoms with E-state index in [-0.39, 0.29) is 36.0 Å². The topological polar surface area (TPSA) is 135 Å². The molecule has 3 aromatic carbocycles. The van der Waals surface area contributed by atoms with E-state index in [0.717, 1.165) is 24.3 Å². The highest BCUT2D eigenvalue weighted by Gasteiger charge is 2.31. The Kier molecular flexibility index (Phi) is 9.61. The molecule has 0 aromatic heterocycles. The second kappa shape index (κ2) is 12.9. The summed E-state index contributed by atoms with van der Waals surface area (Å²) in [5, 5.41) is 13.0. The van der Waals surface area contributed by atoms with Gasteiger partial charge in [-0.25, -0.2) is 13.8 Å². The third kappa shape index (κ3) is 8.39. The lowest BCUT2D eigenvalue weighted by molar-refractivity contribution is -0.274. The molecule has 0 aliphatic rings. The first-order valence-electron chi connectivity index (χ1n) is 11.4. The Morgan fingerprint density at radius 3 is 2.20 bits per heavy atom. The predicted molar refractivity (Wildman–Crippen MR) is 128 cm³/mol. The number of carbonyl (C=O) groups is 2. The first-order valence-corrected chi connectivity index (χ1v) is 11.4. The lowest BCUT2D eigenvalue weighted by Crippen LogP contribution is -2.31. The Labute approximate surface area is 224 Å². The average Bonchev–Trinajstić information content (AvgIpc) is 2.85. The number of nitrogens with zero attached hydrogens (tertiary/aromatic N) is 1. The number of aliphatic imine (C=N–C) groups is 1. The van der Waals surface area contributed by atoms with Gasteiger partial charge in [0.15, 0.2) is 12.2 Å². The Morgan fingerprint density at radius 1 is 1.00 bits per heavy atom. The Hall–Kier alpha value is -4.72. The Bertz CT molecular complexity index is 1370. The zero-order valence-electron chi connectivity index (χ0n) is 20.6. The molecule has 9 nitrogen and oxygen atoms in total. The van der Waals surface area contributed by atoms with Gasteiger partial charge in [-0.3, -0.25) is 4.79 Å². The van der Waals surface area contributed by atoms with E-state index in [1.165, 1.54) is 43.3 Å². The van der Waals surface area contributed by atoms with Crippen LogP contribution in [-0.2, 0) is 16.1 Å². The average molecular weight is 566 g/mol. The van der Waals surface area contributed by atoms with Crippen molar-refractivity contribution >= 4 is 17.8 Å². The van der Waals surface area contributed by atoms with Gasteiger partial charge in [0.2, 0.25) is 0 Å². The van der Waals surface area contributed by atoms with Crippen molar-refractivity contribution in [3.8, 4) is 17.2 Å². The summed E-state index contributed by atoms with van der Waals surface area (Å²) in [6.45, 7) is 1.36. The van der Waals surface area contributed by atoms with Crippen molar-refractivity contribution in [3.05, 3.63) is 89.0 Å². The van der Waals surface area contributed by atoms with Gasteiger partial charge >= 0.3 is 6.36 Å². The van der Waals surface area contributed by atoms with Crippen molar-refractivity contribution < 1.29 is 50.9 Å². The van der Waals surface area contributed by atoms with E-state index in [2.05, 4.69) is 15.0 Å². The van der Waals surface area contributed by atoms with E-state index in [0.29, 0.717) is 5.56 Å². The molecule has 3 aromatic rings. The van der Waals surface area contributed by atoms with Crippen LogP contribution in [0.2, 0.25) is 0 Å². The van der Waals surface area contributed by atoms with Crippen molar-refractivity contribution in [1.82, 2.24) is 5.32 Å². The van der Waals surface area contributed by atoms with Crippen LogP contribution in [0.4, 0.5) is 26.7 Å². The summed E-state index contributed by atoms with van der Waals surface area (Å²) in [6.07, 6.45) is -8.34. The van der Waals surface area contributed by atoms with Gasteiger partial charge in [-0.05, 0) is 24.6 Å². The highest BCUT2D eigenvalue weighted by atomic mass is 19.4. The molecule has 212 valence electrons. The fraction of sp³-hybridized carbons (Fsp3) is 0.192. The number of hydrogen-bond donors (Lipinski definition) is 2. The maximum atomic E-state index is 15.0. The summed E-state index contributed by atoms with van der Waals surface area (Å²) in [4.78, 5) is 26.4. The van der Waals surface area contributed by atoms with Gasteiger partial charge in [0.05, 0.1) is 5.56 Å². The van der Waals surface area contributed by atoms with Gasteiger partial charge < -0.3 is 35.2 Å². The number of alkyl halides is 3.